The number of benzene rings is 1. The second-order valence-electron chi connectivity index (χ2n) is 3.63. The lowest BCUT2D eigenvalue weighted by atomic mass is 10.3. The normalized spacial score (nSPS) is 11.6. The molecule has 0 fully saturated rings. The molecular formula is C12H13Cl2NO4. The summed E-state index contributed by atoms with van der Waals surface area (Å²) in [5.41, 5.74) is 0. The first-order valence-corrected chi connectivity index (χ1v) is 6.16. The van der Waals surface area contributed by atoms with Gasteiger partial charge in [0.05, 0.1) is 12.1 Å². The fourth-order valence-electron chi connectivity index (χ4n) is 1.19. The fraction of sp³-hybridized carbons (Fsp3) is 0.333. The maximum Gasteiger partial charge on any atom is 0.325 e. The van der Waals surface area contributed by atoms with Gasteiger partial charge in [-0.1, -0.05) is 23.2 Å². The molecule has 0 aromatic heterocycles. The van der Waals surface area contributed by atoms with Crippen LogP contribution in [0.1, 0.15) is 6.92 Å². The largest absolute Gasteiger partial charge is 0.479 e. The quantitative estimate of drug-likeness (QED) is 0.846. The van der Waals surface area contributed by atoms with Gasteiger partial charge >= 0.3 is 5.97 Å². The van der Waals surface area contributed by atoms with Crippen LogP contribution in [-0.2, 0) is 14.3 Å². The monoisotopic (exact) mass is 305 g/mol. The van der Waals surface area contributed by atoms with Crippen LogP contribution in [0.25, 0.3) is 0 Å². The molecule has 1 rings (SSSR count). The molecule has 0 radical (unpaired) electrons. The zero-order chi connectivity index (χ0) is 14.4. The lowest BCUT2D eigenvalue weighted by molar-refractivity contribution is -0.141. The first-order chi connectivity index (χ1) is 8.93. The molecule has 5 nitrogen and oxygen atoms in total. The first kappa shape index (κ1) is 15.6. The summed E-state index contributed by atoms with van der Waals surface area (Å²) in [7, 11) is 1.24. The molecule has 0 bridgehead atoms. The van der Waals surface area contributed by atoms with Gasteiger partial charge in [-0.2, -0.15) is 0 Å². The summed E-state index contributed by atoms with van der Waals surface area (Å²) in [6.45, 7) is 1.33. The van der Waals surface area contributed by atoms with E-state index in [-0.39, 0.29) is 6.54 Å². The SMILES string of the molecule is COC(=O)CNC(=O)[C@H](C)Oc1ccc(Cl)cc1Cl. The van der Waals surface area contributed by atoms with Gasteiger partial charge in [-0.25, -0.2) is 0 Å². The summed E-state index contributed by atoms with van der Waals surface area (Å²) < 4.78 is 9.77. The van der Waals surface area contributed by atoms with Crippen molar-refractivity contribution in [2.24, 2.45) is 0 Å². The molecule has 1 aromatic carbocycles. The highest BCUT2D eigenvalue weighted by Gasteiger charge is 2.17. The van der Waals surface area contributed by atoms with Crippen LogP contribution < -0.4 is 10.1 Å². The number of esters is 1. The number of carbonyl (C=O) groups is 2. The topological polar surface area (TPSA) is 64.6 Å². The van der Waals surface area contributed by atoms with E-state index in [1.54, 1.807) is 12.1 Å². The zero-order valence-corrected chi connectivity index (χ0v) is 11.9. The van der Waals surface area contributed by atoms with Crippen LogP contribution in [0.2, 0.25) is 10.0 Å². The second-order valence-corrected chi connectivity index (χ2v) is 4.47. The molecule has 0 aliphatic heterocycles. The molecule has 104 valence electrons. The molecule has 1 atom stereocenters. The van der Waals surface area contributed by atoms with Crippen LogP contribution in [0.4, 0.5) is 0 Å². The summed E-state index contributed by atoms with van der Waals surface area (Å²) in [4.78, 5) is 22.5. The molecule has 0 aliphatic rings. The van der Waals surface area contributed by atoms with Gasteiger partial charge in [0, 0.05) is 5.02 Å². The summed E-state index contributed by atoms with van der Waals surface area (Å²) in [5.74, 6) is -0.645. The van der Waals surface area contributed by atoms with E-state index in [1.165, 1.54) is 20.1 Å². The van der Waals surface area contributed by atoms with Gasteiger partial charge in [0.15, 0.2) is 6.10 Å². The number of amides is 1. The van der Waals surface area contributed by atoms with Crippen molar-refractivity contribution in [3.63, 3.8) is 0 Å². The molecule has 0 saturated carbocycles. The van der Waals surface area contributed by atoms with Gasteiger partial charge in [0.25, 0.3) is 5.91 Å². The van der Waals surface area contributed by atoms with Crippen molar-refractivity contribution in [3.05, 3.63) is 28.2 Å². The van der Waals surface area contributed by atoms with E-state index < -0.39 is 18.0 Å². The summed E-state index contributed by atoms with van der Waals surface area (Å²) >= 11 is 11.7. The Morgan fingerprint density at radius 1 is 1.37 bits per heavy atom. The van der Waals surface area contributed by atoms with E-state index in [4.69, 9.17) is 27.9 Å². The predicted molar refractivity (Wildman–Crippen MR) is 71.6 cm³/mol. The van der Waals surface area contributed by atoms with E-state index in [9.17, 15) is 9.59 Å². The van der Waals surface area contributed by atoms with Crippen molar-refractivity contribution in [2.45, 2.75) is 13.0 Å². The Bertz CT molecular complexity index is 479. The van der Waals surface area contributed by atoms with Crippen molar-refractivity contribution in [3.8, 4) is 5.75 Å². The molecule has 0 saturated heterocycles. The highest BCUT2D eigenvalue weighted by atomic mass is 35.5. The van der Waals surface area contributed by atoms with E-state index in [2.05, 4.69) is 10.1 Å². The van der Waals surface area contributed by atoms with Crippen molar-refractivity contribution < 1.29 is 19.1 Å². The summed E-state index contributed by atoms with van der Waals surface area (Å²) in [6.07, 6.45) is -0.802. The van der Waals surface area contributed by atoms with Crippen molar-refractivity contribution in [2.75, 3.05) is 13.7 Å². The van der Waals surface area contributed by atoms with Crippen molar-refractivity contribution >= 4 is 35.1 Å². The number of methoxy groups -OCH3 is 1. The molecule has 0 unspecified atom stereocenters. The molecule has 7 heteroatoms. The number of carbonyl (C=O) groups excluding carboxylic acids is 2. The Labute approximate surface area is 120 Å². The van der Waals surface area contributed by atoms with Gasteiger partial charge in [0.2, 0.25) is 0 Å². The van der Waals surface area contributed by atoms with Gasteiger partial charge in [-0.05, 0) is 25.1 Å². The van der Waals surface area contributed by atoms with Crippen LogP contribution >= 0.6 is 23.2 Å². The molecule has 1 aromatic rings. The van der Waals surface area contributed by atoms with E-state index in [0.29, 0.717) is 15.8 Å². The fourth-order valence-corrected chi connectivity index (χ4v) is 1.64. The second kappa shape index (κ2) is 7.21. The van der Waals surface area contributed by atoms with Crippen LogP contribution in [0.3, 0.4) is 0 Å². The summed E-state index contributed by atoms with van der Waals surface area (Å²) in [5, 5.41) is 3.15. The van der Waals surface area contributed by atoms with Gasteiger partial charge in [0.1, 0.15) is 12.3 Å². The third-order valence-corrected chi connectivity index (χ3v) is 2.73. The van der Waals surface area contributed by atoms with E-state index >= 15 is 0 Å². The Kier molecular flexibility index (Phi) is 5.92. The van der Waals surface area contributed by atoms with Gasteiger partial charge < -0.3 is 14.8 Å². The maximum absolute atomic E-state index is 11.6. The number of rotatable bonds is 5. The van der Waals surface area contributed by atoms with Crippen molar-refractivity contribution in [1.82, 2.24) is 5.32 Å². The molecule has 19 heavy (non-hydrogen) atoms. The zero-order valence-electron chi connectivity index (χ0n) is 10.4. The minimum atomic E-state index is -0.802. The lowest BCUT2D eigenvalue weighted by Gasteiger charge is -2.15. The predicted octanol–water partition coefficient (Wildman–Crippen LogP) is 2.05. The van der Waals surface area contributed by atoms with Crippen LogP contribution in [-0.4, -0.2) is 31.6 Å². The minimum Gasteiger partial charge on any atom is -0.479 e. The Balaban J connectivity index is 2.56. The van der Waals surface area contributed by atoms with E-state index in [1.807, 2.05) is 0 Å². The smallest absolute Gasteiger partial charge is 0.325 e. The molecule has 1 N–H and O–H groups in total. The van der Waals surface area contributed by atoms with Gasteiger partial charge in [-0.3, -0.25) is 9.59 Å². The summed E-state index contributed by atoms with van der Waals surface area (Å²) in [6, 6.07) is 4.67. The number of hydrogen-bond acceptors (Lipinski definition) is 4. The van der Waals surface area contributed by atoms with Crippen molar-refractivity contribution in [1.29, 1.82) is 0 Å². The highest BCUT2D eigenvalue weighted by molar-refractivity contribution is 6.35. The minimum absolute atomic E-state index is 0.211. The molecule has 0 heterocycles. The Hall–Kier alpha value is -1.46. The molecule has 0 aliphatic carbocycles. The molecule has 0 spiro atoms. The Morgan fingerprint density at radius 3 is 2.63 bits per heavy atom. The van der Waals surface area contributed by atoms with Crippen LogP contribution in [0, 0.1) is 0 Å². The average Bonchev–Trinajstić information content (AvgIpc) is 2.38. The lowest BCUT2D eigenvalue weighted by Crippen LogP contribution is -2.39. The third-order valence-electron chi connectivity index (χ3n) is 2.20. The standard InChI is InChI=1S/C12H13Cl2NO4/c1-7(12(17)15-6-11(16)18-2)19-10-4-3-8(13)5-9(10)14/h3-5,7H,6H2,1-2H3,(H,15,17)/t7-/m0/s1. The third kappa shape index (κ3) is 4.96. The number of nitrogens with one attached hydrogen (secondary N) is 1. The van der Waals surface area contributed by atoms with Crippen LogP contribution in [0.5, 0.6) is 5.75 Å². The molecule has 1 amide bonds. The highest BCUT2D eigenvalue weighted by Crippen LogP contribution is 2.28. The van der Waals surface area contributed by atoms with E-state index in [0.717, 1.165) is 0 Å². The maximum atomic E-state index is 11.6. The number of halogens is 2. The average molecular weight is 306 g/mol. The van der Waals surface area contributed by atoms with Crippen LogP contribution in [0.15, 0.2) is 18.2 Å². The Morgan fingerprint density at radius 2 is 2.05 bits per heavy atom. The first-order valence-electron chi connectivity index (χ1n) is 5.40. The van der Waals surface area contributed by atoms with Gasteiger partial charge in [-0.15, -0.1) is 0 Å². The number of hydrogen-bond donors (Lipinski definition) is 1. The molecular weight excluding hydrogens is 293 g/mol. The number of ether oxygens (including phenoxy) is 2.